The zero-order valence-electron chi connectivity index (χ0n) is 13.0. The van der Waals surface area contributed by atoms with Crippen LogP contribution in [0.1, 0.15) is 39.0 Å². The standard InChI is InChI=1S/C16H27NO2S/c1-12(2)10-17(11-13(3)4)14(9-16(18)19)8-15-6-5-7-20-15/h5-7,12-14H,8-11H2,1-4H3,(H,18,19). The second-order valence-corrected chi connectivity index (χ2v) is 7.31. The van der Waals surface area contributed by atoms with E-state index < -0.39 is 5.97 Å². The molecule has 20 heavy (non-hydrogen) atoms. The van der Waals surface area contributed by atoms with E-state index in [0.29, 0.717) is 11.8 Å². The van der Waals surface area contributed by atoms with Gasteiger partial charge in [0.2, 0.25) is 0 Å². The highest BCUT2D eigenvalue weighted by molar-refractivity contribution is 7.09. The molecule has 1 aromatic heterocycles. The van der Waals surface area contributed by atoms with Gasteiger partial charge in [-0.1, -0.05) is 33.8 Å². The average Bonchev–Trinajstić information content (AvgIpc) is 2.78. The first-order chi connectivity index (χ1) is 9.38. The third kappa shape index (κ3) is 6.53. The smallest absolute Gasteiger partial charge is 0.304 e. The summed E-state index contributed by atoms with van der Waals surface area (Å²) in [5, 5.41) is 11.3. The normalized spacial score (nSPS) is 13.3. The minimum absolute atomic E-state index is 0.0935. The van der Waals surface area contributed by atoms with Crippen molar-refractivity contribution in [2.24, 2.45) is 11.8 Å². The van der Waals surface area contributed by atoms with Crippen LogP contribution in [0.3, 0.4) is 0 Å². The minimum Gasteiger partial charge on any atom is -0.481 e. The van der Waals surface area contributed by atoms with Gasteiger partial charge in [-0.25, -0.2) is 0 Å². The van der Waals surface area contributed by atoms with Crippen LogP contribution in [0.15, 0.2) is 17.5 Å². The quantitative estimate of drug-likeness (QED) is 0.754. The molecule has 1 unspecified atom stereocenters. The molecule has 1 heterocycles. The Hall–Kier alpha value is -0.870. The zero-order valence-corrected chi connectivity index (χ0v) is 13.8. The first kappa shape index (κ1) is 17.2. The van der Waals surface area contributed by atoms with Crippen molar-refractivity contribution in [3.05, 3.63) is 22.4 Å². The van der Waals surface area contributed by atoms with E-state index in [-0.39, 0.29) is 12.5 Å². The number of hydrogen-bond acceptors (Lipinski definition) is 3. The molecule has 0 amide bonds. The van der Waals surface area contributed by atoms with Gasteiger partial charge in [-0.3, -0.25) is 9.69 Å². The molecule has 0 spiro atoms. The van der Waals surface area contributed by atoms with Crippen LogP contribution in [0.5, 0.6) is 0 Å². The highest BCUT2D eigenvalue weighted by Gasteiger charge is 2.23. The molecule has 0 aliphatic carbocycles. The van der Waals surface area contributed by atoms with Crippen LogP contribution in [0.2, 0.25) is 0 Å². The van der Waals surface area contributed by atoms with Crippen molar-refractivity contribution in [1.82, 2.24) is 4.90 Å². The summed E-state index contributed by atoms with van der Waals surface area (Å²) in [5.41, 5.74) is 0. The number of nitrogens with zero attached hydrogens (tertiary/aromatic N) is 1. The second kappa shape index (κ2) is 8.42. The summed E-state index contributed by atoms with van der Waals surface area (Å²) < 4.78 is 0. The van der Waals surface area contributed by atoms with Crippen LogP contribution in [0.4, 0.5) is 0 Å². The maximum Gasteiger partial charge on any atom is 0.304 e. The number of carbonyl (C=O) groups is 1. The van der Waals surface area contributed by atoms with Gasteiger partial charge in [0.05, 0.1) is 6.42 Å². The SMILES string of the molecule is CC(C)CN(CC(C)C)C(CC(=O)O)Cc1cccs1. The van der Waals surface area contributed by atoms with Gasteiger partial charge in [0.25, 0.3) is 0 Å². The molecule has 0 fully saturated rings. The van der Waals surface area contributed by atoms with Crippen LogP contribution in [0.25, 0.3) is 0 Å². The Bertz CT molecular complexity index is 377. The summed E-state index contributed by atoms with van der Waals surface area (Å²) >= 11 is 1.71. The van der Waals surface area contributed by atoms with Crippen LogP contribution in [0, 0.1) is 11.8 Å². The largest absolute Gasteiger partial charge is 0.481 e. The van der Waals surface area contributed by atoms with Gasteiger partial charge in [-0.15, -0.1) is 11.3 Å². The van der Waals surface area contributed by atoms with Crippen LogP contribution in [-0.2, 0) is 11.2 Å². The van der Waals surface area contributed by atoms with Crippen LogP contribution in [-0.4, -0.2) is 35.1 Å². The van der Waals surface area contributed by atoms with E-state index in [1.807, 2.05) is 6.07 Å². The molecule has 4 heteroatoms. The zero-order chi connectivity index (χ0) is 15.1. The number of carboxylic acids is 1. The highest BCUT2D eigenvalue weighted by atomic mass is 32.1. The van der Waals surface area contributed by atoms with Gasteiger partial charge >= 0.3 is 5.97 Å². The number of thiophene rings is 1. The molecule has 0 aliphatic heterocycles. The number of carboxylic acid groups (broad SMARTS) is 1. The first-order valence-electron chi connectivity index (χ1n) is 7.36. The predicted molar refractivity (Wildman–Crippen MR) is 85.3 cm³/mol. The van der Waals surface area contributed by atoms with Crippen LogP contribution >= 0.6 is 11.3 Å². The number of hydrogen-bond donors (Lipinski definition) is 1. The Morgan fingerprint density at radius 1 is 1.25 bits per heavy atom. The molecular formula is C16H27NO2S. The molecule has 1 aromatic rings. The van der Waals surface area contributed by atoms with E-state index in [9.17, 15) is 9.90 Å². The fourth-order valence-corrected chi connectivity index (χ4v) is 3.28. The molecule has 0 aliphatic rings. The Morgan fingerprint density at radius 2 is 1.85 bits per heavy atom. The van der Waals surface area contributed by atoms with Gasteiger partial charge in [0.1, 0.15) is 0 Å². The molecule has 0 saturated carbocycles. The molecule has 0 radical (unpaired) electrons. The van der Waals surface area contributed by atoms with E-state index in [4.69, 9.17) is 0 Å². The van der Waals surface area contributed by atoms with Crippen molar-refractivity contribution in [2.75, 3.05) is 13.1 Å². The molecule has 0 bridgehead atoms. The van der Waals surface area contributed by atoms with E-state index >= 15 is 0 Å². The number of rotatable bonds is 9. The lowest BCUT2D eigenvalue weighted by molar-refractivity contribution is -0.138. The summed E-state index contributed by atoms with van der Waals surface area (Å²) in [7, 11) is 0. The topological polar surface area (TPSA) is 40.5 Å². The number of aliphatic carboxylic acids is 1. The van der Waals surface area contributed by atoms with E-state index in [2.05, 4.69) is 44.0 Å². The molecule has 1 N–H and O–H groups in total. The van der Waals surface area contributed by atoms with Gasteiger partial charge in [-0.05, 0) is 29.7 Å². The fourth-order valence-electron chi connectivity index (χ4n) is 2.50. The maximum atomic E-state index is 11.2. The minimum atomic E-state index is -0.705. The van der Waals surface area contributed by atoms with Crippen molar-refractivity contribution >= 4 is 17.3 Å². The predicted octanol–water partition coefficient (Wildman–Crippen LogP) is 3.75. The lowest BCUT2D eigenvalue weighted by atomic mass is 10.0. The molecule has 114 valence electrons. The summed E-state index contributed by atoms with van der Waals surface area (Å²) in [5.74, 6) is 0.394. The van der Waals surface area contributed by atoms with Crippen molar-refractivity contribution in [3.63, 3.8) is 0 Å². The summed E-state index contributed by atoms with van der Waals surface area (Å²) in [6, 6.07) is 4.23. The molecule has 0 aromatic carbocycles. The molecule has 0 saturated heterocycles. The molecule has 1 rings (SSSR count). The maximum absolute atomic E-state index is 11.2. The second-order valence-electron chi connectivity index (χ2n) is 6.28. The molecular weight excluding hydrogens is 270 g/mol. The highest BCUT2D eigenvalue weighted by Crippen LogP contribution is 2.19. The van der Waals surface area contributed by atoms with Gasteiger partial charge in [-0.2, -0.15) is 0 Å². The van der Waals surface area contributed by atoms with E-state index in [1.54, 1.807) is 11.3 Å². The van der Waals surface area contributed by atoms with Crippen molar-refractivity contribution in [3.8, 4) is 0 Å². The Labute approximate surface area is 126 Å². The van der Waals surface area contributed by atoms with Crippen molar-refractivity contribution in [2.45, 2.75) is 46.6 Å². The third-order valence-corrected chi connectivity index (χ3v) is 4.04. The summed E-state index contributed by atoms with van der Waals surface area (Å²) in [6.07, 6.45) is 1.06. The third-order valence-electron chi connectivity index (χ3n) is 3.14. The summed E-state index contributed by atoms with van der Waals surface area (Å²) in [4.78, 5) is 14.8. The molecule has 1 atom stereocenters. The van der Waals surface area contributed by atoms with Gasteiger partial charge in [0, 0.05) is 24.0 Å². The summed E-state index contributed by atoms with van der Waals surface area (Å²) in [6.45, 7) is 10.7. The lowest BCUT2D eigenvalue weighted by Gasteiger charge is -2.33. The Kier molecular flexibility index (Phi) is 7.24. The van der Waals surface area contributed by atoms with E-state index in [1.165, 1.54) is 4.88 Å². The van der Waals surface area contributed by atoms with Gasteiger partial charge < -0.3 is 5.11 Å². The van der Waals surface area contributed by atoms with E-state index in [0.717, 1.165) is 19.5 Å². The fraction of sp³-hybridized carbons (Fsp3) is 0.688. The lowest BCUT2D eigenvalue weighted by Crippen LogP contribution is -2.42. The molecule has 3 nitrogen and oxygen atoms in total. The first-order valence-corrected chi connectivity index (χ1v) is 8.24. The Balaban J connectivity index is 2.81. The Morgan fingerprint density at radius 3 is 2.25 bits per heavy atom. The van der Waals surface area contributed by atoms with Crippen LogP contribution < -0.4 is 0 Å². The van der Waals surface area contributed by atoms with Gasteiger partial charge in [0.15, 0.2) is 0 Å². The monoisotopic (exact) mass is 297 g/mol. The average molecular weight is 297 g/mol. The van der Waals surface area contributed by atoms with Crippen molar-refractivity contribution in [1.29, 1.82) is 0 Å². The van der Waals surface area contributed by atoms with Crippen molar-refractivity contribution < 1.29 is 9.90 Å².